The van der Waals surface area contributed by atoms with Crippen molar-refractivity contribution in [3.63, 3.8) is 0 Å². The van der Waals surface area contributed by atoms with E-state index < -0.39 is 0 Å². The van der Waals surface area contributed by atoms with Gasteiger partial charge in [0.05, 0.1) is 6.04 Å². The van der Waals surface area contributed by atoms with E-state index in [0.717, 1.165) is 12.0 Å². The number of piperazine rings is 1. The number of benzene rings is 1. The first kappa shape index (κ1) is 17.4. The summed E-state index contributed by atoms with van der Waals surface area (Å²) in [4.78, 5) is 32.1. The van der Waals surface area contributed by atoms with E-state index in [-0.39, 0.29) is 23.1 Å². The number of nitrogens with one attached hydrogen (secondary N) is 1. The maximum Gasteiger partial charge on any atom is 0.270 e. The lowest BCUT2D eigenvalue weighted by Gasteiger charge is -2.36. The van der Waals surface area contributed by atoms with Gasteiger partial charge < -0.3 is 10.2 Å². The lowest BCUT2D eigenvalue weighted by molar-refractivity contribution is 0.0632. The molecule has 0 spiro atoms. The number of carbonyl (C=O) groups is 1. The minimum atomic E-state index is -0.329. The first-order chi connectivity index (χ1) is 13.2. The zero-order valence-electron chi connectivity index (χ0n) is 15.3. The molecule has 6 nitrogen and oxygen atoms in total. The topological polar surface area (TPSA) is 66.7 Å². The summed E-state index contributed by atoms with van der Waals surface area (Å²) in [6.45, 7) is 4.04. The molecule has 1 atom stereocenters. The number of nitrogens with zero attached hydrogens (tertiary/aromatic N) is 3. The van der Waals surface area contributed by atoms with E-state index in [2.05, 4.69) is 41.5 Å². The molecular formula is C21H22N4O2. The quantitative estimate of drug-likeness (QED) is 0.774. The number of aromatic nitrogens is 2. The molecule has 1 aliphatic heterocycles. The summed E-state index contributed by atoms with van der Waals surface area (Å²) in [7, 11) is 0. The standard InChI is InChI=1S/C21H22N4O2/c1-2-15-6-8-16(9-7-15)18-14-22-10-12-24(18)20(26)17-13-23-19-5-3-4-11-25(19)21(17)27/h3-9,11,13,18,22H,2,10,12,14H2,1H3. The zero-order chi connectivity index (χ0) is 18.8. The number of fused-ring (bicyclic) bond motifs is 1. The molecule has 0 radical (unpaired) electrons. The molecule has 27 heavy (non-hydrogen) atoms. The number of rotatable bonds is 3. The highest BCUT2D eigenvalue weighted by atomic mass is 16.2. The highest BCUT2D eigenvalue weighted by molar-refractivity contribution is 5.94. The third-order valence-electron chi connectivity index (χ3n) is 5.12. The molecule has 1 fully saturated rings. The number of carbonyl (C=O) groups excluding carboxylic acids is 1. The molecule has 1 aromatic carbocycles. The molecule has 1 aliphatic rings. The van der Waals surface area contributed by atoms with Crippen molar-refractivity contribution in [2.75, 3.05) is 19.6 Å². The molecule has 3 heterocycles. The van der Waals surface area contributed by atoms with Crippen LogP contribution in [0.2, 0.25) is 0 Å². The average Bonchev–Trinajstić information content (AvgIpc) is 2.74. The predicted molar refractivity (Wildman–Crippen MR) is 104 cm³/mol. The van der Waals surface area contributed by atoms with Gasteiger partial charge in [0.1, 0.15) is 11.2 Å². The Bertz CT molecular complexity index is 1030. The molecule has 2 aromatic heterocycles. The summed E-state index contributed by atoms with van der Waals surface area (Å²) in [5, 5.41) is 3.35. The second-order valence-corrected chi connectivity index (χ2v) is 6.72. The molecule has 138 valence electrons. The van der Waals surface area contributed by atoms with Crippen molar-refractivity contribution in [3.8, 4) is 0 Å². The van der Waals surface area contributed by atoms with Crippen LogP contribution in [0.1, 0.15) is 34.5 Å². The molecule has 1 N–H and O–H groups in total. The molecule has 1 amide bonds. The van der Waals surface area contributed by atoms with Gasteiger partial charge in [0.15, 0.2) is 0 Å². The maximum absolute atomic E-state index is 13.2. The Morgan fingerprint density at radius 2 is 2.04 bits per heavy atom. The third kappa shape index (κ3) is 3.24. The van der Waals surface area contributed by atoms with Gasteiger partial charge in [-0.1, -0.05) is 37.3 Å². The van der Waals surface area contributed by atoms with Crippen molar-refractivity contribution >= 4 is 11.6 Å². The van der Waals surface area contributed by atoms with Gasteiger partial charge in [-0.25, -0.2) is 4.98 Å². The highest BCUT2D eigenvalue weighted by Crippen LogP contribution is 2.24. The van der Waals surface area contributed by atoms with E-state index in [1.165, 1.54) is 16.2 Å². The van der Waals surface area contributed by atoms with Crippen LogP contribution in [-0.4, -0.2) is 39.8 Å². The lowest BCUT2D eigenvalue weighted by atomic mass is 10.0. The molecule has 1 saturated heterocycles. The fourth-order valence-corrected chi connectivity index (χ4v) is 3.55. The summed E-state index contributed by atoms with van der Waals surface area (Å²) >= 11 is 0. The van der Waals surface area contributed by atoms with E-state index in [4.69, 9.17) is 0 Å². The van der Waals surface area contributed by atoms with Crippen molar-refractivity contribution < 1.29 is 4.79 Å². The van der Waals surface area contributed by atoms with Gasteiger partial charge in [-0.3, -0.25) is 14.0 Å². The van der Waals surface area contributed by atoms with Gasteiger partial charge in [-0.2, -0.15) is 0 Å². The van der Waals surface area contributed by atoms with Gasteiger partial charge in [0.2, 0.25) is 0 Å². The second kappa shape index (κ2) is 7.32. The summed E-state index contributed by atoms with van der Waals surface area (Å²) in [6, 6.07) is 13.6. The van der Waals surface area contributed by atoms with Crippen LogP contribution in [0.25, 0.3) is 5.65 Å². The molecule has 0 bridgehead atoms. The molecule has 0 saturated carbocycles. The van der Waals surface area contributed by atoms with Crippen LogP contribution >= 0.6 is 0 Å². The van der Waals surface area contributed by atoms with Gasteiger partial charge in [0, 0.05) is 32.0 Å². The van der Waals surface area contributed by atoms with E-state index in [1.54, 1.807) is 23.2 Å². The molecule has 6 heteroatoms. The van der Waals surface area contributed by atoms with Crippen LogP contribution in [0, 0.1) is 0 Å². The fourth-order valence-electron chi connectivity index (χ4n) is 3.55. The largest absolute Gasteiger partial charge is 0.329 e. The highest BCUT2D eigenvalue weighted by Gasteiger charge is 2.30. The van der Waals surface area contributed by atoms with Crippen LogP contribution in [0.5, 0.6) is 0 Å². The minimum Gasteiger partial charge on any atom is -0.329 e. The Hall–Kier alpha value is -2.99. The van der Waals surface area contributed by atoms with Crippen LogP contribution < -0.4 is 10.9 Å². The monoisotopic (exact) mass is 362 g/mol. The van der Waals surface area contributed by atoms with E-state index >= 15 is 0 Å². The number of hydrogen-bond acceptors (Lipinski definition) is 4. The van der Waals surface area contributed by atoms with E-state index in [1.807, 2.05) is 6.07 Å². The second-order valence-electron chi connectivity index (χ2n) is 6.72. The minimum absolute atomic E-state index is 0.104. The Morgan fingerprint density at radius 1 is 1.22 bits per heavy atom. The lowest BCUT2D eigenvalue weighted by Crippen LogP contribution is -2.49. The first-order valence-electron chi connectivity index (χ1n) is 9.26. The predicted octanol–water partition coefficient (Wildman–Crippen LogP) is 2.04. The van der Waals surface area contributed by atoms with Gasteiger partial charge in [0.25, 0.3) is 11.5 Å². The van der Waals surface area contributed by atoms with Gasteiger partial charge in [-0.15, -0.1) is 0 Å². The number of amides is 1. The smallest absolute Gasteiger partial charge is 0.270 e. The molecule has 0 aliphatic carbocycles. The van der Waals surface area contributed by atoms with E-state index in [0.29, 0.717) is 25.3 Å². The average molecular weight is 362 g/mol. The fraction of sp³-hybridized carbons (Fsp3) is 0.286. The number of pyridine rings is 1. The SMILES string of the molecule is CCc1ccc(C2CNCCN2C(=O)c2cnc3ccccn3c2=O)cc1. The normalized spacial score (nSPS) is 17.2. The summed E-state index contributed by atoms with van der Waals surface area (Å²) in [6.07, 6.45) is 4.02. The zero-order valence-corrected chi connectivity index (χ0v) is 15.3. The molecule has 1 unspecified atom stereocenters. The van der Waals surface area contributed by atoms with Crippen LogP contribution in [0.4, 0.5) is 0 Å². The van der Waals surface area contributed by atoms with Crippen LogP contribution in [-0.2, 0) is 6.42 Å². The maximum atomic E-state index is 13.2. The van der Waals surface area contributed by atoms with Crippen molar-refractivity contribution in [2.45, 2.75) is 19.4 Å². The van der Waals surface area contributed by atoms with Crippen molar-refractivity contribution in [2.24, 2.45) is 0 Å². The van der Waals surface area contributed by atoms with Crippen molar-refractivity contribution in [1.82, 2.24) is 19.6 Å². The Kier molecular flexibility index (Phi) is 4.73. The Balaban J connectivity index is 1.70. The van der Waals surface area contributed by atoms with Crippen molar-refractivity contribution in [3.05, 3.63) is 81.9 Å². The Labute approximate surface area is 157 Å². The number of aryl methyl sites for hydroxylation is 1. The Morgan fingerprint density at radius 3 is 2.81 bits per heavy atom. The molecule has 3 aromatic rings. The first-order valence-corrected chi connectivity index (χ1v) is 9.26. The molecular weight excluding hydrogens is 340 g/mol. The van der Waals surface area contributed by atoms with Gasteiger partial charge in [-0.05, 0) is 29.7 Å². The van der Waals surface area contributed by atoms with Gasteiger partial charge >= 0.3 is 0 Å². The number of hydrogen-bond donors (Lipinski definition) is 1. The summed E-state index contributed by atoms with van der Waals surface area (Å²) < 4.78 is 1.42. The molecule has 4 rings (SSSR count). The van der Waals surface area contributed by atoms with Crippen LogP contribution in [0.15, 0.2) is 59.7 Å². The van der Waals surface area contributed by atoms with Crippen LogP contribution in [0.3, 0.4) is 0 Å². The van der Waals surface area contributed by atoms with Crippen molar-refractivity contribution in [1.29, 1.82) is 0 Å². The summed E-state index contributed by atoms with van der Waals surface area (Å²) in [5.41, 5.74) is 2.64. The third-order valence-corrected chi connectivity index (χ3v) is 5.12. The van der Waals surface area contributed by atoms with E-state index in [9.17, 15) is 9.59 Å². The summed E-state index contributed by atoms with van der Waals surface area (Å²) in [5.74, 6) is -0.267.